The fourth-order valence-corrected chi connectivity index (χ4v) is 4.82. The smallest absolute Gasteiger partial charge is 0.254 e. The second kappa shape index (κ2) is 4.51. The monoisotopic (exact) mass is 326 g/mol. The van der Waals surface area contributed by atoms with Crippen LogP contribution in [0.25, 0.3) is 0 Å². The number of aromatic nitrogens is 2. The first kappa shape index (κ1) is 13.0. The van der Waals surface area contributed by atoms with Gasteiger partial charge in [-0.15, -0.1) is 0 Å². The third-order valence-electron chi connectivity index (χ3n) is 4.71. The molecule has 2 aliphatic carbocycles. The lowest BCUT2D eigenvalue weighted by Gasteiger charge is -2.10. The van der Waals surface area contributed by atoms with E-state index >= 15 is 0 Å². The predicted octanol–water partition coefficient (Wildman–Crippen LogP) is 1.77. The van der Waals surface area contributed by atoms with Gasteiger partial charge in [0.05, 0.1) is 5.69 Å². The van der Waals surface area contributed by atoms with Gasteiger partial charge in [0.2, 0.25) is 0 Å². The van der Waals surface area contributed by atoms with E-state index in [1.165, 1.54) is 12.8 Å². The van der Waals surface area contributed by atoms with Crippen LogP contribution in [-0.4, -0.2) is 20.5 Å². The zero-order valence-corrected chi connectivity index (χ0v) is 12.6. The van der Waals surface area contributed by atoms with Crippen molar-refractivity contribution in [3.63, 3.8) is 0 Å². The Bertz CT molecular complexity index is 513. The molecule has 2 atom stereocenters. The topological polar surface area (TPSA) is 86.9 Å². The summed E-state index contributed by atoms with van der Waals surface area (Å²) in [7, 11) is 1.76. The number of anilines is 1. The van der Waals surface area contributed by atoms with Crippen molar-refractivity contribution < 1.29 is 4.79 Å². The first-order valence-electron chi connectivity index (χ1n) is 6.73. The number of halogens is 1. The lowest BCUT2D eigenvalue weighted by atomic mass is 9.96. The van der Waals surface area contributed by atoms with Crippen molar-refractivity contribution in [1.82, 2.24) is 9.78 Å². The van der Waals surface area contributed by atoms with E-state index in [0.29, 0.717) is 22.1 Å². The van der Waals surface area contributed by atoms with Crippen molar-refractivity contribution in [2.45, 2.75) is 36.4 Å². The summed E-state index contributed by atoms with van der Waals surface area (Å²) < 4.78 is 1.57. The molecule has 2 fully saturated rings. The van der Waals surface area contributed by atoms with Gasteiger partial charge in [0.15, 0.2) is 0 Å². The zero-order chi connectivity index (χ0) is 13.7. The van der Waals surface area contributed by atoms with Gasteiger partial charge in [-0.25, -0.2) is 0 Å². The van der Waals surface area contributed by atoms with Crippen molar-refractivity contribution >= 4 is 27.7 Å². The molecule has 0 aliphatic heterocycles. The van der Waals surface area contributed by atoms with E-state index in [0.717, 1.165) is 30.4 Å². The number of hydrogen-bond acceptors (Lipinski definition) is 3. The highest BCUT2D eigenvalue weighted by Crippen LogP contribution is 2.52. The second-order valence-corrected chi connectivity index (χ2v) is 7.19. The lowest BCUT2D eigenvalue weighted by molar-refractivity contribution is 0.0999. The van der Waals surface area contributed by atoms with Gasteiger partial charge < -0.3 is 11.5 Å². The standard InChI is InChI=1S/C13H19BrN4O/c1-18-12(15)10(13(16)19)11(17-18)8-2-6-4-9(14)5-7(6)3-8/h6-9H,2-5,15H2,1H3,(H2,16,19). The highest BCUT2D eigenvalue weighted by Gasteiger charge is 2.43. The summed E-state index contributed by atoms with van der Waals surface area (Å²) in [6, 6.07) is 0. The minimum absolute atomic E-state index is 0.334. The SMILES string of the molecule is Cn1nc(C2CC3CC(Br)CC3C2)c(C(N)=O)c1N. The number of fused-ring (bicyclic) bond motifs is 1. The van der Waals surface area contributed by atoms with E-state index in [1.54, 1.807) is 11.7 Å². The van der Waals surface area contributed by atoms with Gasteiger partial charge in [0, 0.05) is 17.8 Å². The Hall–Kier alpha value is -1.04. The molecule has 2 unspecified atom stereocenters. The van der Waals surface area contributed by atoms with Crippen LogP contribution in [0.15, 0.2) is 0 Å². The van der Waals surface area contributed by atoms with Crippen LogP contribution >= 0.6 is 15.9 Å². The lowest BCUT2D eigenvalue weighted by Crippen LogP contribution is -2.16. The first-order chi connectivity index (χ1) is 8.97. The number of nitrogen functional groups attached to an aromatic ring is 1. The van der Waals surface area contributed by atoms with E-state index in [1.807, 2.05) is 0 Å². The molecule has 0 aromatic carbocycles. The average molecular weight is 327 g/mol. The van der Waals surface area contributed by atoms with Crippen molar-refractivity contribution in [2.24, 2.45) is 24.6 Å². The molecule has 0 saturated heterocycles. The number of carbonyl (C=O) groups excluding carboxylic acids is 1. The zero-order valence-electron chi connectivity index (χ0n) is 11.0. The van der Waals surface area contributed by atoms with E-state index in [9.17, 15) is 4.79 Å². The van der Waals surface area contributed by atoms with Gasteiger partial charge in [0.1, 0.15) is 11.4 Å². The fourth-order valence-electron chi connectivity index (χ4n) is 3.86. The Morgan fingerprint density at radius 1 is 1.32 bits per heavy atom. The van der Waals surface area contributed by atoms with Crippen LogP contribution in [0.1, 0.15) is 47.7 Å². The number of nitrogens with zero attached hydrogens (tertiary/aromatic N) is 2. The van der Waals surface area contributed by atoms with Crippen LogP contribution in [0.4, 0.5) is 5.82 Å². The fraction of sp³-hybridized carbons (Fsp3) is 0.692. The van der Waals surface area contributed by atoms with E-state index < -0.39 is 5.91 Å². The molecule has 1 heterocycles. The van der Waals surface area contributed by atoms with Crippen molar-refractivity contribution in [2.75, 3.05) is 5.73 Å². The van der Waals surface area contributed by atoms with Crippen LogP contribution in [0.5, 0.6) is 0 Å². The van der Waals surface area contributed by atoms with E-state index in [2.05, 4.69) is 21.0 Å². The Morgan fingerprint density at radius 3 is 2.42 bits per heavy atom. The number of nitrogens with two attached hydrogens (primary N) is 2. The van der Waals surface area contributed by atoms with Crippen LogP contribution in [0, 0.1) is 11.8 Å². The summed E-state index contributed by atoms with van der Waals surface area (Å²) in [5.74, 6) is 1.76. The minimum atomic E-state index is -0.462. The number of hydrogen-bond donors (Lipinski definition) is 2. The normalized spacial score (nSPS) is 33.6. The van der Waals surface area contributed by atoms with Crippen molar-refractivity contribution in [3.8, 4) is 0 Å². The third kappa shape index (κ3) is 2.06. The number of amides is 1. The third-order valence-corrected chi connectivity index (χ3v) is 5.46. The number of aryl methyl sites for hydroxylation is 1. The van der Waals surface area contributed by atoms with Crippen LogP contribution in [-0.2, 0) is 7.05 Å². The van der Waals surface area contributed by atoms with Gasteiger partial charge in [-0.05, 0) is 37.5 Å². The van der Waals surface area contributed by atoms with Crippen molar-refractivity contribution in [3.05, 3.63) is 11.3 Å². The first-order valence-corrected chi connectivity index (χ1v) is 7.65. The molecular weight excluding hydrogens is 308 g/mol. The molecule has 19 heavy (non-hydrogen) atoms. The Morgan fingerprint density at radius 2 is 1.89 bits per heavy atom. The van der Waals surface area contributed by atoms with E-state index in [4.69, 9.17) is 11.5 Å². The molecule has 4 N–H and O–H groups in total. The minimum Gasteiger partial charge on any atom is -0.383 e. The van der Waals surface area contributed by atoms with Gasteiger partial charge in [-0.1, -0.05) is 15.9 Å². The Balaban J connectivity index is 1.89. The van der Waals surface area contributed by atoms with Crippen LogP contribution < -0.4 is 11.5 Å². The maximum atomic E-state index is 11.6. The molecule has 2 aliphatic rings. The molecule has 1 amide bonds. The molecule has 0 radical (unpaired) electrons. The predicted molar refractivity (Wildman–Crippen MR) is 77.0 cm³/mol. The highest BCUT2D eigenvalue weighted by atomic mass is 79.9. The summed E-state index contributed by atoms with van der Waals surface area (Å²) in [5, 5.41) is 4.44. The molecular formula is C13H19BrN4O. The number of alkyl halides is 1. The van der Waals surface area contributed by atoms with Crippen molar-refractivity contribution in [1.29, 1.82) is 0 Å². The molecule has 6 heteroatoms. The quantitative estimate of drug-likeness (QED) is 0.812. The average Bonchev–Trinajstić information content (AvgIpc) is 2.91. The van der Waals surface area contributed by atoms with Crippen LogP contribution in [0.2, 0.25) is 0 Å². The van der Waals surface area contributed by atoms with Crippen LogP contribution in [0.3, 0.4) is 0 Å². The Labute approximate surface area is 120 Å². The number of rotatable bonds is 2. The molecule has 104 valence electrons. The summed E-state index contributed by atoms with van der Waals surface area (Å²) in [6.45, 7) is 0. The molecule has 0 spiro atoms. The summed E-state index contributed by atoms with van der Waals surface area (Å²) in [4.78, 5) is 12.3. The van der Waals surface area contributed by atoms with E-state index in [-0.39, 0.29) is 0 Å². The molecule has 1 aromatic heterocycles. The van der Waals surface area contributed by atoms with Gasteiger partial charge >= 0.3 is 0 Å². The molecule has 2 saturated carbocycles. The Kier molecular flexibility index (Phi) is 3.08. The maximum Gasteiger partial charge on any atom is 0.254 e. The molecule has 3 rings (SSSR count). The summed E-state index contributed by atoms with van der Waals surface area (Å²) in [6.07, 6.45) is 4.66. The molecule has 1 aromatic rings. The highest BCUT2D eigenvalue weighted by molar-refractivity contribution is 9.09. The second-order valence-electron chi connectivity index (χ2n) is 5.89. The largest absolute Gasteiger partial charge is 0.383 e. The summed E-state index contributed by atoms with van der Waals surface area (Å²) in [5.41, 5.74) is 12.6. The summed E-state index contributed by atoms with van der Waals surface area (Å²) >= 11 is 3.71. The van der Waals surface area contributed by atoms with Gasteiger partial charge in [0.25, 0.3) is 5.91 Å². The molecule has 0 bridgehead atoms. The number of primary amides is 1. The number of carbonyl (C=O) groups is 1. The van der Waals surface area contributed by atoms with Gasteiger partial charge in [-0.2, -0.15) is 5.10 Å². The molecule has 5 nitrogen and oxygen atoms in total. The maximum absolute atomic E-state index is 11.6. The van der Waals surface area contributed by atoms with Gasteiger partial charge in [-0.3, -0.25) is 9.48 Å².